The summed E-state index contributed by atoms with van der Waals surface area (Å²) in [5, 5.41) is 11.9. The van der Waals surface area contributed by atoms with Crippen molar-refractivity contribution in [3.63, 3.8) is 0 Å². The molecule has 0 spiro atoms. The predicted molar refractivity (Wildman–Crippen MR) is 120 cm³/mol. The Hall–Kier alpha value is -3.06. The summed E-state index contributed by atoms with van der Waals surface area (Å²) >= 11 is 0. The molecule has 2 heterocycles. The van der Waals surface area contributed by atoms with Gasteiger partial charge in [-0.1, -0.05) is 30.3 Å². The number of benzene rings is 2. The van der Waals surface area contributed by atoms with Crippen LogP contribution < -0.4 is 4.74 Å². The second kappa shape index (κ2) is 10.5. The predicted octanol–water partition coefficient (Wildman–Crippen LogP) is 1.59. The summed E-state index contributed by atoms with van der Waals surface area (Å²) in [6, 6.07) is 12.1. The molecule has 1 unspecified atom stereocenters. The maximum absolute atomic E-state index is 13.3. The number of amides is 1. The van der Waals surface area contributed by atoms with E-state index in [1.54, 1.807) is 35.2 Å². The fourth-order valence-electron chi connectivity index (χ4n) is 3.80. The van der Waals surface area contributed by atoms with E-state index in [1.165, 1.54) is 16.4 Å². The van der Waals surface area contributed by atoms with Crippen molar-refractivity contribution in [1.29, 1.82) is 0 Å². The molecular weight excluding hydrogens is 466 g/mol. The first-order valence-electron chi connectivity index (χ1n) is 10.8. The van der Waals surface area contributed by atoms with Crippen molar-refractivity contribution in [2.45, 2.75) is 11.0 Å². The molecule has 2 aromatic rings. The molecule has 0 aromatic heterocycles. The number of nitro benzene ring substituents is 1. The van der Waals surface area contributed by atoms with Crippen molar-refractivity contribution in [3.05, 3.63) is 64.2 Å². The van der Waals surface area contributed by atoms with E-state index in [0.717, 1.165) is 6.07 Å². The van der Waals surface area contributed by atoms with Crippen LogP contribution in [-0.2, 0) is 24.3 Å². The molecule has 2 saturated heterocycles. The Morgan fingerprint density at radius 2 is 1.59 bits per heavy atom. The summed E-state index contributed by atoms with van der Waals surface area (Å²) in [5.74, 6) is -0.546. The van der Waals surface area contributed by atoms with Crippen LogP contribution >= 0.6 is 0 Å². The Kier molecular flexibility index (Phi) is 7.41. The van der Waals surface area contributed by atoms with Crippen molar-refractivity contribution in [3.8, 4) is 5.75 Å². The van der Waals surface area contributed by atoms with Crippen LogP contribution in [0.5, 0.6) is 5.75 Å². The number of morpholine rings is 2. The van der Waals surface area contributed by atoms with Crippen molar-refractivity contribution in [1.82, 2.24) is 9.21 Å². The standard InChI is InChI=1S/C22H25N3O8S/c26-22(23-8-12-31-13-9-23)21(17-4-2-1-3-5-17)33-20-7-6-18(16-19(20)25(27)28)34(29,30)24-10-14-32-15-11-24/h1-7,16,21H,8-15H2. The molecule has 182 valence electrons. The van der Waals surface area contributed by atoms with Crippen LogP contribution in [0.25, 0.3) is 0 Å². The minimum Gasteiger partial charge on any atom is -0.469 e. The highest BCUT2D eigenvalue weighted by Crippen LogP contribution is 2.35. The molecule has 2 aromatic carbocycles. The summed E-state index contributed by atoms with van der Waals surface area (Å²) in [6.45, 7) is 2.38. The molecule has 1 amide bonds. The van der Waals surface area contributed by atoms with E-state index in [9.17, 15) is 23.3 Å². The fraction of sp³-hybridized carbons (Fsp3) is 0.409. The van der Waals surface area contributed by atoms with E-state index in [1.807, 2.05) is 0 Å². The van der Waals surface area contributed by atoms with E-state index in [-0.39, 0.29) is 42.9 Å². The highest BCUT2D eigenvalue weighted by molar-refractivity contribution is 7.89. The molecule has 0 bridgehead atoms. The van der Waals surface area contributed by atoms with Crippen LogP contribution in [0.2, 0.25) is 0 Å². The van der Waals surface area contributed by atoms with Gasteiger partial charge in [-0.05, 0) is 12.1 Å². The van der Waals surface area contributed by atoms with E-state index in [0.29, 0.717) is 31.9 Å². The van der Waals surface area contributed by atoms with Crippen molar-refractivity contribution in [2.24, 2.45) is 0 Å². The number of carbonyl (C=O) groups excluding carboxylic acids is 1. The van der Waals surface area contributed by atoms with Gasteiger partial charge in [0.15, 0.2) is 5.75 Å². The maximum atomic E-state index is 13.3. The van der Waals surface area contributed by atoms with Gasteiger partial charge in [0.25, 0.3) is 5.91 Å². The summed E-state index contributed by atoms with van der Waals surface area (Å²) in [7, 11) is -3.94. The molecule has 0 saturated carbocycles. The molecule has 0 N–H and O–H groups in total. The summed E-state index contributed by atoms with van der Waals surface area (Å²) in [5.41, 5.74) is -0.0108. The van der Waals surface area contributed by atoms with Crippen LogP contribution in [0.1, 0.15) is 11.7 Å². The van der Waals surface area contributed by atoms with Gasteiger partial charge in [0, 0.05) is 37.8 Å². The summed E-state index contributed by atoms with van der Waals surface area (Å²) in [4.78, 5) is 25.8. The van der Waals surface area contributed by atoms with Crippen LogP contribution in [0.3, 0.4) is 0 Å². The SMILES string of the molecule is O=C(C(Oc1ccc(S(=O)(=O)N2CCOCC2)cc1[N+](=O)[O-])c1ccccc1)N1CCOCC1. The highest BCUT2D eigenvalue weighted by atomic mass is 32.2. The number of sulfonamides is 1. The Bertz CT molecular complexity index is 1130. The largest absolute Gasteiger partial charge is 0.469 e. The summed E-state index contributed by atoms with van der Waals surface area (Å²) in [6.07, 6.45) is -1.14. The molecule has 0 aliphatic carbocycles. The van der Waals surface area contributed by atoms with Crippen molar-refractivity contribution in [2.75, 3.05) is 52.6 Å². The topological polar surface area (TPSA) is 129 Å². The molecule has 11 nitrogen and oxygen atoms in total. The zero-order chi connectivity index (χ0) is 24.1. The zero-order valence-electron chi connectivity index (χ0n) is 18.4. The van der Waals surface area contributed by atoms with E-state index in [4.69, 9.17) is 14.2 Å². The lowest BCUT2D eigenvalue weighted by Crippen LogP contribution is -2.44. The number of nitrogens with zero attached hydrogens (tertiary/aromatic N) is 3. The Labute approximate surface area is 197 Å². The first-order valence-corrected chi connectivity index (χ1v) is 12.3. The van der Waals surface area contributed by atoms with Crippen LogP contribution in [0.15, 0.2) is 53.4 Å². The van der Waals surface area contributed by atoms with Gasteiger partial charge in [-0.15, -0.1) is 0 Å². The average Bonchev–Trinajstić information content (AvgIpc) is 2.88. The van der Waals surface area contributed by atoms with Crippen LogP contribution in [-0.4, -0.2) is 81.1 Å². The van der Waals surface area contributed by atoms with Gasteiger partial charge in [-0.25, -0.2) is 8.42 Å². The first-order chi connectivity index (χ1) is 16.4. The van der Waals surface area contributed by atoms with Gasteiger partial charge in [-0.2, -0.15) is 4.31 Å². The lowest BCUT2D eigenvalue weighted by molar-refractivity contribution is -0.386. The Morgan fingerprint density at radius 1 is 0.971 bits per heavy atom. The molecule has 34 heavy (non-hydrogen) atoms. The molecule has 2 fully saturated rings. The molecule has 12 heteroatoms. The number of carbonyl (C=O) groups is 1. The summed E-state index contributed by atoms with van der Waals surface area (Å²) < 4.78 is 43.6. The fourth-order valence-corrected chi connectivity index (χ4v) is 5.23. The van der Waals surface area contributed by atoms with Gasteiger partial charge in [-0.3, -0.25) is 14.9 Å². The maximum Gasteiger partial charge on any atom is 0.312 e. The zero-order valence-corrected chi connectivity index (χ0v) is 19.2. The minimum atomic E-state index is -3.94. The number of nitro groups is 1. The van der Waals surface area contributed by atoms with Gasteiger partial charge in [0.1, 0.15) is 0 Å². The number of hydrogen-bond donors (Lipinski definition) is 0. The van der Waals surface area contributed by atoms with Crippen molar-refractivity contribution < 1.29 is 32.3 Å². The normalized spacial score (nSPS) is 18.3. The first kappa shape index (κ1) is 24.1. The molecule has 2 aliphatic heterocycles. The Balaban J connectivity index is 1.67. The third kappa shape index (κ3) is 5.20. The Morgan fingerprint density at radius 3 is 2.21 bits per heavy atom. The molecule has 0 radical (unpaired) electrons. The molecule has 4 rings (SSSR count). The molecular formula is C22H25N3O8S. The number of ether oxygens (including phenoxy) is 3. The second-order valence-electron chi connectivity index (χ2n) is 7.75. The minimum absolute atomic E-state index is 0.165. The quantitative estimate of drug-likeness (QED) is 0.422. The van der Waals surface area contributed by atoms with Gasteiger partial charge < -0.3 is 19.1 Å². The van der Waals surface area contributed by atoms with E-state index in [2.05, 4.69) is 0 Å². The average molecular weight is 492 g/mol. The lowest BCUT2D eigenvalue weighted by Gasteiger charge is -2.30. The monoisotopic (exact) mass is 491 g/mol. The third-order valence-electron chi connectivity index (χ3n) is 5.63. The lowest BCUT2D eigenvalue weighted by atomic mass is 10.1. The molecule has 1 atom stereocenters. The molecule has 2 aliphatic rings. The van der Waals surface area contributed by atoms with E-state index >= 15 is 0 Å². The van der Waals surface area contributed by atoms with Crippen LogP contribution in [0.4, 0.5) is 5.69 Å². The van der Waals surface area contributed by atoms with Crippen molar-refractivity contribution >= 4 is 21.6 Å². The van der Waals surface area contributed by atoms with Gasteiger partial charge >= 0.3 is 5.69 Å². The second-order valence-corrected chi connectivity index (χ2v) is 9.69. The highest BCUT2D eigenvalue weighted by Gasteiger charge is 2.33. The van der Waals surface area contributed by atoms with Gasteiger partial charge in [0.2, 0.25) is 16.1 Å². The third-order valence-corrected chi connectivity index (χ3v) is 7.52. The number of hydrogen-bond acceptors (Lipinski definition) is 8. The van der Waals surface area contributed by atoms with E-state index < -0.39 is 26.7 Å². The smallest absolute Gasteiger partial charge is 0.312 e. The van der Waals surface area contributed by atoms with Gasteiger partial charge in [0.05, 0.1) is 36.2 Å². The number of rotatable bonds is 7. The van der Waals surface area contributed by atoms with Crippen LogP contribution in [0, 0.1) is 10.1 Å².